The van der Waals surface area contributed by atoms with Crippen molar-refractivity contribution in [2.75, 3.05) is 18.9 Å². The number of hydrogen-bond acceptors (Lipinski definition) is 3. The number of halogens is 1. The number of benzene rings is 1. The molecule has 0 fully saturated rings. The van der Waals surface area contributed by atoms with Crippen LogP contribution in [-0.2, 0) is 6.54 Å². The summed E-state index contributed by atoms with van der Waals surface area (Å²) >= 11 is 6.02. The Morgan fingerprint density at radius 1 is 1.33 bits per heavy atom. The van der Waals surface area contributed by atoms with Crippen molar-refractivity contribution in [2.45, 2.75) is 13.5 Å². The maximum atomic E-state index is 12.6. The fourth-order valence-electron chi connectivity index (χ4n) is 2.05. The molecule has 4 nitrogen and oxygen atoms in total. The van der Waals surface area contributed by atoms with Crippen molar-refractivity contribution in [1.29, 1.82) is 0 Å². The van der Waals surface area contributed by atoms with Crippen LogP contribution < -0.4 is 5.32 Å². The molecule has 2 aromatic rings. The van der Waals surface area contributed by atoms with Gasteiger partial charge in [0.15, 0.2) is 0 Å². The molecule has 2 rings (SSSR count). The van der Waals surface area contributed by atoms with Gasteiger partial charge in [-0.2, -0.15) is 0 Å². The lowest BCUT2D eigenvalue weighted by atomic mass is 10.1. The van der Waals surface area contributed by atoms with Gasteiger partial charge in [-0.05, 0) is 37.3 Å². The summed E-state index contributed by atoms with van der Waals surface area (Å²) in [6.45, 7) is 3.18. The molecule has 0 aliphatic heterocycles. The first kappa shape index (κ1) is 15.3. The highest BCUT2D eigenvalue weighted by atomic mass is 35.5. The smallest absolute Gasteiger partial charge is 0.256 e. The Balaban J connectivity index is 2.20. The standard InChI is InChI=1S/C16H18ClN3O/c1-3-18-15-8-7-12(17)10-14(15)16(21)20(2)11-13-6-4-5-9-19-13/h4-10,18H,3,11H2,1-2H3. The fraction of sp³-hybridized carbons (Fsp3) is 0.250. The van der Waals surface area contributed by atoms with Crippen LogP contribution in [0.4, 0.5) is 5.69 Å². The molecule has 0 atom stereocenters. The van der Waals surface area contributed by atoms with Gasteiger partial charge in [0.05, 0.1) is 17.8 Å². The number of pyridine rings is 1. The molecule has 0 saturated heterocycles. The molecule has 5 heteroatoms. The first-order chi connectivity index (χ1) is 10.1. The van der Waals surface area contributed by atoms with Crippen LogP contribution in [-0.4, -0.2) is 29.4 Å². The van der Waals surface area contributed by atoms with Crippen LogP contribution in [0.2, 0.25) is 5.02 Å². The zero-order valence-corrected chi connectivity index (χ0v) is 12.9. The molecule has 110 valence electrons. The maximum absolute atomic E-state index is 12.6. The summed E-state index contributed by atoms with van der Waals surface area (Å²) in [4.78, 5) is 18.5. The number of nitrogens with one attached hydrogen (secondary N) is 1. The molecule has 0 radical (unpaired) electrons. The number of anilines is 1. The first-order valence-electron chi connectivity index (χ1n) is 6.80. The molecule has 1 heterocycles. The summed E-state index contributed by atoms with van der Waals surface area (Å²) in [6, 6.07) is 10.9. The minimum Gasteiger partial charge on any atom is -0.385 e. The Morgan fingerprint density at radius 3 is 2.81 bits per heavy atom. The van der Waals surface area contributed by atoms with Gasteiger partial charge in [0.2, 0.25) is 0 Å². The molecular weight excluding hydrogens is 286 g/mol. The van der Waals surface area contributed by atoms with Gasteiger partial charge >= 0.3 is 0 Å². The molecule has 1 N–H and O–H groups in total. The monoisotopic (exact) mass is 303 g/mol. The number of carbonyl (C=O) groups excluding carboxylic acids is 1. The van der Waals surface area contributed by atoms with Crippen LogP contribution in [0, 0.1) is 0 Å². The van der Waals surface area contributed by atoms with Crippen LogP contribution in [0.15, 0.2) is 42.6 Å². The van der Waals surface area contributed by atoms with Crippen molar-refractivity contribution in [3.8, 4) is 0 Å². The van der Waals surface area contributed by atoms with Gasteiger partial charge in [0, 0.05) is 30.5 Å². The van der Waals surface area contributed by atoms with Gasteiger partial charge < -0.3 is 10.2 Å². The number of carbonyl (C=O) groups is 1. The predicted octanol–water partition coefficient (Wildman–Crippen LogP) is 3.44. The molecular formula is C16H18ClN3O. The molecule has 21 heavy (non-hydrogen) atoms. The van der Waals surface area contributed by atoms with E-state index in [2.05, 4.69) is 10.3 Å². The molecule has 0 aliphatic carbocycles. The van der Waals surface area contributed by atoms with E-state index in [4.69, 9.17) is 11.6 Å². The van der Waals surface area contributed by atoms with E-state index in [1.54, 1.807) is 30.3 Å². The average molecular weight is 304 g/mol. The lowest BCUT2D eigenvalue weighted by molar-refractivity contribution is 0.0784. The number of hydrogen-bond donors (Lipinski definition) is 1. The van der Waals surface area contributed by atoms with E-state index in [-0.39, 0.29) is 5.91 Å². The summed E-state index contributed by atoms with van der Waals surface area (Å²) in [6.07, 6.45) is 1.72. The zero-order chi connectivity index (χ0) is 15.2. The lowest BCUT2D eigenvalue weighted by Gasteiger charge is -2.19. The third kappa shape index (κ3) is 3.95. The maximum Gasteiger partial charge on any atom is 0.256 e. The van der Waals surface area contributed by atoms with E-state index in [9.17, 15) is 4.79 Å². The lowest BCUT2D eigenvalue weighted by Crippen LogP contribution is -2.27. The minimum absolute atomic E-state index is 0.0842. The van der Waals surface area contributed by atoms with Crippen molar-refractivity contribution in [1.82, 2.24) is 9.88 Å². The zero-order valence-electron chi connectivity index (χ0n) is 12.1. The van der Waals surface area contributed by atoms with E-state index in [1.165, 1.54) is 0 Å². The van der Waals surface area contributed by atoms with Crippen LogP contribution in [0.25, 0.3) is 0 Å². The topological polar surface area (TPSA) is 45.2 Å². The third-order valence-corrected chi connectivity index (χ3v) is 3.29. The fourth-order valence-corrected chi connectivity index (χ4v) is 2.22. The van der Waals surface area contributed by atoms with Crippen molar-refractivity contribution in [3.63, 3.8) is 0 Å². The van der Waals surface area contributed by atoms with Gasteiger partial charge in [0.25, 0.3) is 5.91 Å². The van der Waals surface area contributed by atoms with Gasteiger partial charge in [-0.15, -0.1) is 0 Å². The summed E-state index contributed by atoms with van der Waals surface area (Å²) in [5, 5.41) is 3.73. The Bertz CT molecular complexity index is 616. The molecule has 1 aromatic heterocycles. The highest BCUT2D eigenvalue weighted by molar-refractivity contribution is 6.31. The quantitative estimate of drug-likeness (QED) is 0.920. The number of aromatic nitrogens is 1. The second-order valence-corrected chi connectivity index (χ2v) is 5.14. The summed E-state index contributed by atoms with van der Waals surface area (Å²) in [5.41, 5.74) is 2.21. The largest absolute Gasteiger partial charge is 0.385 e. The SMILES string of the molecule is CCNc1ccc(Cl)cc1C(=O)N(C)Cc1ccccn1. The van der Waals surface area contributed by atoms with E-state index in [0.29, 0.717) is 17.1 Å². The molecule has 1 aromatic carbocycles. The van der Waals surface area contributed by atoms with Crippen molar-refractivity contribution in [3.05, 3.63) is 58.9 Å². The second-order valence-electron chi connectivity index (χ2n) is 4.70. The highest BCUT2D eigenvalue weighted by Gasteiger charge is 2.16. The van der Waals surface area contributed by atoms with Gasteiger partial charge in [0.1, 0.15) is 0 Å². The number of rotatable bonds is 5. The Labute approximate surface area is 129 Å². The van der Waals surface area contributed by atoms with E-state index in [1.807, 2.05) is 31.2 Å². The minimum atomic E-state index is -0.0842. The molecule has 0 aliphatic rings. The van der Waals surface area contributed by atoms with E-state index in [0.717, 1.165) is 17.9 Å². The first-order valence-corrected chi connectivity index (χ1v) is 7.18. The van der Waals surface area contributed by atoms with Gasteiger partial charge in [-0.1, -0.05) is 17.7 Å². The Hall–Kier alpha value is -2.07. The normalized spacial score (nSPS) is 10.2. The van der Waals surface area contributed by atoms with Crippen LogP contribution in [0.3, 0.4) is 0 Å². The van der Waals surface area contributed by atoms with Crippen LogP contribution in [0.1, 0.15) is 23.0 Å². The van der Waals surface area contributed by atoms with Crippen molar-refractivity contribution < 1.29 is 4.79 Å². The second kappa shape index (κ2) is 7.09. The molecule has 0 spiro atoms. The van der Waals surface area contributed by atoms with Gasteiger partial charge in [-0.25, -0.2) is 0 Å². The van der Waals surface area contributed by atoms with E-state index < -0.39 is 0 Å². The number of amides is 1. The third-order valence-electron chi connectivity index (χ3n) is 3.05. The van der Waals surface area contributed by atoms with Crippen LogP contribution >= 0.6 is 11.6 Å². The summed E-state index contributed by atoms with van der Waals surface area (Å²) in [5.74, 6) is -0.0842. The Kier molecular flexibility index (Phi) is 5.17. The van der Waals surface area contributed by atoms with Gasteiger partial charge in [-0.3, -0.25) is 9.78 Å². The molecule has 1 amide bonds. The molecule has 0 saturated carbocycles. The predicted molar refractivity (Wildman–Crippen MR) is 85.7 cm³/mol. The highest BCUT2D eigenvalue weighted by Crippen LogP contribution is 2.22. The average Bonchev–Trinajstić information content (AvgIpc) is 2.49. The Morgan fingerprint density at radius 2 is 2.14 bits per heavy atom. The number of nitrogens with zero attached hydrogens (tertiary/aromatic N) is 2. The summed E-state index contributed by atoms with van der Waals surface area (Å²) in [7, 11) is 1.76. The van der Waals surface area contributed by atoms with E-state index >= 15 is 0 Å². The van der Waals surface area contributed by atoms with Crippen molar-refractivity contribution >= 4 is 23.2 Å². The summed E-state index contributed by atoms with van der Waals surface area (Å²) < 4.78 is 0. The van der Waals surface area contributed by atoms with Crippen LogP contribution in [0.5, 0.6) is 0 Å². The molecule has 0 bridgehead atoms. The van der Waals surface area contributed by atoms with Crippen molar-refractivity contribution in [2.24, 2.45) is 0 Å². The molecule has 0 unspecified atom stereocenters.